The van der Waals surface area contributed by atoms with Crippen molar-refractivity contribution in [1.29, 1.82) is 0 Å². The van der Waals surface area contributed by atoms with Crippen molar-refractivity contribution in [1.82, 2.24) is 19.4 Å². The minimum absolute atomic E-state index is 0. The zero-order chi connectivity index (χ0) is 24.0. The van der Waals surface area contributed by atoms with Crippen molar-refractivity contribution in [3.63, 3.8) is 0 Å². The number of aryl methyl sites for hydroxylation is 4. The van der Waals surface area contributed by atoms with E-state index in [-0.39, 0.29) is 37.0 Å². The largest absolute Gasteiger partial charge is 1.00 e. The van der Waals surface area contributed by atoms with Gasteiger partial charge < -0.3 is 11.6 Å². The minimum Gasteiger partial charge on any atom is -1.00 e. The summed E-state index contributed by atoms with van der Waals surface area (Å²) >= 11 is 0. The number of hydrogen-bond donors (Lipinski definition) is 2. The molecular weight excluding hydrogens is 475 g/mol. The van der Waals surface area contributed by atoms with E-state index in [1.54, 1.807) is 24.9 Å². The summed E-state index contributed by atoms with van der Waals surface area (Å²) in [5.74, 6) is 0. The summed E-state index contributed by atoms with van der Waals surface area (Å²) < 4.78 is 32.6. The molecule has 11 heteroatoms. The van der Waals surface area contributed by atoms with Crippen LogP contribution in [0.5, 0.6) is 0 Å². The van der Waals surface area contributed by atoms with E-state index in [9.17, 15) is 13.2 Å². The van der Waals surface area contributed by atoms with Crippen LogP contribution in [-0.4, -0.2) is 55.3 Å². The van der Waals surface area contributed by atoms with Gasteiger partial charge in [-0.15, -0.1) is 0 Å². The van der Waals surface area contributed by atoms with Crippen molar-refractivity contribution in [3.8, 4) is 0 Å². The fourth-order valence-electron chi connectivity index (χ4n) is 5.93. The summed E-state index contributed by atoms with van der Waals surface area (Å²) in [5, 5.41) is 7.30. The number of anilines is 2. The first-order valence-electron chi connectivity index (χ1n) is 12.2. The molecule has 186 valence electrons. The summed E-state index contributed by atoms with van der Waals surface area (Å²) in [6, 6.07) is 1.30. The third-order valence-corrected chi connectivity index (χ3v) is 8.80. The molecule has 35 heavy (non-hydrogen) atoms. The van der Waals surface area contributed by atoms with Gasteiger partial charge in [-0.3, -0.25) is 4.68 Å². The molecule has 0 radical (unpaired) electrons. The molecule has 1 aromatic heterocycles. The molecule has 2 aromatic rings. The van der Waals surface area contributed by atoms with Crippen molar-refractivity contribution in [2.75, 3.05) is 29.8 Å². The molecule has 5 rings (SSSR count). The monoisotopic (exact) mass is 510 g/mol. The van der Waals surface area contributed by atoms with Gasteiger partial charge in [0.05, 0.1) is 17.4 Å². The van der Waals surface area contributed by atoms with Crippen LogP contribution < -0.4 is 43.9 Å². The second-order valence-corrected chi connectivity index (χ2v) is 11.5. The van der Waals surface area contributed by atoms with E-state index in [4.69, 9.17) is 0 Å². The van der Waals surface area contributed by atoms with Crippen LogP contribution in [0.2, 0.25) is 0 Å². The van der Waals surface area contributed by atoms with E-state index in [1.807, 2.05) is 7.05 Å². The van der Waals surface area contributed by atoms with Crippen molar-refractivity contribution < 1.29 is 44.2 Å². The third kappa shape index (κ3) is 5.27. The van der Waals surface area contributed by atoms with Crippen LogP contribution in [-0.2, 0) is 42.9 Å². The minimum atomic E-state index is -4.16. The molecule has 0 bridgehead atoms. The average Bonchev–Trinajstić information content (AvgIpc) is 3.48. The van der Waals surface area contributed by atoms with Crippen molar-refractivity contribution in [3.05, 3.63) is 40.2 Å². The molecule has 1 aliphatic heterocycles. The van der Waals surface area contributed by atoms with Crippen LogP contribution in [0.15, 0.2) is 12.3 Å². The van der Waals surface area contributed by atoms with Gasteiger partial charge in [0.15, 0.2) is 0 Å². The van der Waals surface area contributed by atoms with Gasteiger partial charge in [-0.25, -0.2) is 13.8 Å². The predicted molar refractivity (Wildman–Crippen MR) is 134 cm³/mol. The maximum atomic E-state index is 13.7. The van der Waals surface area contributed by atoms with Gasteiger partial charge in [-0.05, 0) is 94.1 Å². The molecule has 0 spiro atoms. The van der Waals surface area contributed by atoms with Crippen molar-refractivity contribution in [2.45, 2.75) is 64.3 Å². The summed E-state index contributed by atoms with van der Waals surface area (Å²) in [5.41, 5.74) is 6.86. The number of urea groups is 1. The quantitative estimate of drug-likeness (QED) is 0.543. The Hall–Kier alpha value is -1.59. The molecule has 1 saturated heterocycles. The molecule has 0 saturated carbocycles. The number of fused-ring (bicyclic) bond motifs is 2. The topological polar surface area (TPSA) is 99.6 Å². The van der Waals surface area contributed by atoms with Gasteiger partial charge in [0.25, 0.3) is 0 Å². The van der Waals surface area contributed by atoms with Gasteiger partial charge in [-0.1, -0.05) is 6.07 Å². The number of nitrogens with one attached hydrogen (secondary N) is 2. The van der Waals surface area contributed by atoms with E-state index in [0.717, 1.165) is 63.6 Å². The number of likely N-dealkylation sites (tertiary alicyclic amines) is 1. The number of amides is 2. The van der Waals surface area contributed by atoms with Gasteiger partial charge in [0.1, 0.15) is 0 Å². The molecular formula is C24H35N6NaO3S. The first-order valence-corrected chi connectivity index (χ1v) is 13.7. The number of aromatic nitrogens is 2. The van der Waals surface area contributed by atoms with Gasteiger partial charge in [-0.2, -0.15) is 13.5 Å². The second-order valence-electron chi connectivity index (χ2n) is 9.92. The number of carbonyl (C=O) groups excluding carboxylic acids is 1. The Labute approximate surface area is 231 Å². The number of piperidine rings is 1. The molecule has 1 aromatic carbocycles. The molecule has 9 nitrogen and oxygen atoms in total. The van der Waals surface area contributed by atoms with Crippen molar-refractivity contribution in [2.24, 2.45) is 7.05 Å². The molecule has 2 amide bonds. The van der Waals surface area contributed by atoms with Crippen LogP contribution in [0.25, 0.3) is 0 Å². The Morgan fingerprint density at radius 3 is 2.34 bits per heavy atom. The first kappa shape index (κ1) is 26.5. The van der Waals surface area contributed by atoms with Gasteiger partial charge in [0, 0.05) is 25.5 Å². The first-order chi connectivity index (χ1) is 16.2. The molecule has 3 aliphatic rings. The Morgan fingerprint density at radius 2 is 1.77 bits per heavy atom. The summed E-state index contributed by atoms with van der Waals surface area (Å²) in [7, 11) is -0.405. The third-order valence-electron chi connectivity index (χ3n) is 7.35. The Balaban J connectivity index is 0.00000180. The van der Waals surface area contributed by atoms with E-state index in [1.165, 1.54) is 26.6 Å². The fraction of sp³-hybridized carbons (Fsp3) is 0.583. The molecule has 1 fully saturated rings. The Morgan fingerprint density at radius 1 is 1.11 bits per heavy atom. The standard InChI is InChI=1S/C24H34N6O3S.Na.H/c1-16-22(15-29(3)26-16)30(19-9-6-12-28(2)14-19)34(32,33)27-24(31)25-23-20-10-4-7-17(20)13-18-8-5-11-21(18)23;;/h13,15,19H,4-12,14H2,1-3H3,(H2,25,27,31);;/q;+1;-1. The van der Waals surface area contributed by atoms with Gasteiger partial charge in [0.2, 0.25) is 0 Å². The molecule has 1 atom stereocenters. The fourth-order valence-corrected chi connectivity index (χ4v) is 7.32. The normalized spacial score (nSPS) is 19.6. The Bertz CT molecular complexity index is 1200. The van der Waals surface area contributed by atoms with Gasteiger partial charge >= 0.3 is 45.8 Å². The maximum Gasteiger partial charge on any atom is 1.00 e. The van der Waals surface area contributed by atoms with Crippen LogP contribution in [0.3, 0.4) is 0 Å². The molecule has 2 aliphatic carbocycles. The zero-order valence-electron chi connectivity index (χ0n) is 22.2. The predicted octanol–water partition coefficient (Wildman–Crippen LogP) is -0.210. The number of rotatable bonds is 5. The van der Waals surface area contributed by atoms with E-state index < -0.39 is 16.2 Å². The van der Waals surface area contributed by atoms with Crippen LogP contribution in [0.4, 0.5) is 16.2 Å². The second kappa shape index (κ2) is 10.4. The van der Waals surface area contributed by atoms with E-state index in [0.29, 0.717) is 17.9 Å². The van der Waals surface area contributed by atoms with E-state index >= 15 is 0 Å². The van der Waals surface area contributed by atoms with Crippen LogP contribution >= 0.6 is 0 Å². The average molecular weight is 511 g/mol. The summed E-state index contributed by atoms with van der Waals surface area (Å²) in [4.78, 5) is 15.3. The summed E-state index contributed by atoms with van der Waals surface area (Å²) in [6.07, 6.45) is 9.31. The number of nitrogens with zero attached hydrogens (tertiary/aromatic N) is 4. The number of likely N-dealkylation sites (N-methyl/N-ethyl adjacent to an activating group) is 1. The van der Waals surface area contributed by atoms with Crippen molar-refractivity contribution >= 4 is 27.6 Å². The van der Waals surface area contributed by atoms with E-state index in [2.05, 4.69) is 26.1 Å². The Kier molecular flexibility index (Phi) is 7.88. The maximum absolute atomic E-state index is 13.7. The molecule has 1 unspecified atom stereocenters. The molecule has 2 N–H and O–H groups in total. The molecule has 2 heterocycles. The number of hydrogen-bond acceptors (Lipinski definition) is 5. The van der Waals surface area contributed by atoms with Crippen LogP contribution in [0, 0.1) is 6.92 Å². The number of carbonyl (C=O) groups is 1. The number of benzene rings is 1. The summed E-state index contributed by atoms with van der Waals surface area (Å²) in [6.45, 7) is 3.31. The van der Waals surface area contributed by atoms with Crippen LogP contribution in [0.1, 0.15) is 55.1 Å². The SMILES string of the molecule is Cc1nn(C)cc1N(C1CCCN(C)C1)S(=O)(=O)NC(=O)Nc1c2c(cc3c1CCC3)CCC2.[H-].[Na+]. The zero-order valence-corrected chi connectivity index (χ0v) is 24.0. The smallest absolute Gasteiger partial charge is 1.00 e.